The van der Waals surface area contributed by atoms with Crippen LogP contribution < -0.4 is 14.8 Å². The highest BCUT2D eigenvalue weighted by molar-refractivity contribution is 6.31. The number of hydrogen-bond donors (Lipinski definition) is 1. The molecule has 2 aromatic rings. The molecule has 26 heavy (non-hydrogen) atoms. The fourth-order valence-corrected chi connectivity index (χ4v) is 2.51. The minimum absolute atomic E-state index is 0.00263. The molecule has 8 heteroatoms. The number of carbonyl (C=O) groups excluding carboxylic acids is 2. The van der Waals surface area contributed by atoms with Crippen molar-refractivity contribution < 1.29 is 28.2 Å². The minimum Gasteiger partial charge on any atom is -0.485 e. The minimum atomic E-state index is -0.941. The second kappa shape index (κ2) is 8.05. The standard InChI is InChI=1S/C18H15ClFNO5/c19-13-7-12(20)6-5-11(13)8-21-17(22)10-25-18(23)16-9-24-14-3-1-2-4-15(14)26-16/h1-7,16H,8-10H2,(H,21,22). The van der Waals surface area contributed by atoms with Crippen LogP contribution in [0.25, 0.3) is 0 Å². The molecule has 1 amide bonds. The SMILES string of the molecule is O=C(COC(=O)C1COc2ccccc2O1)NCc1ccc(F)cc1Cl. The lowest BCUT2D eigenvalue weighted by Crippen LogP contribution is -2.39. The third-order valence-corrected chi connectivity index (χ3v) is 3.96. The highest BCUT2D eigenvalue weighted by Gasteiger charge is 2.29. The van der Waals surface area contributed by atoms with Gasteiger partial charge in [0, 0.05) is 11.6 Å². The maximum absolute atomic E-state index is 13.0. The van der Waals surface area contributed by atoms with Crippen LogP contribution in [0.5, 0.6) is 11.5 Å². The maximum atomic E-state index is 13.0. The number of para-hydroxylation sites is 2. The van der Waals surface area contributed by atoms with E-state index in [1.165, 1.54) is 12.1 Å². The van der Waals surface area contributed by atoms with Crippen LogP contribution in [0.3, 0.4) is 0 Å². The first-order chi connectivity index (χ1) is 12.5. The summed E-state index contributed by atoms with van der Waals surface area (Å²) in [4.78, 5) is 23.8. The molecule has 0 aromatic heterocycles. The van der Waals surface area contributed by atoms with Gasteiger partial charge < -0.3 is 19.5 Å². The third kappa shape index (κ3) is 4.43. The number of rotatable bonds is 5. The van der Waals surface area contributed by atoms with Crippen molar-refractivity contribution in [1.29, 1.82) is 0 Å². The van der Waals surface area contributed by atoms with Gasteiger partial charge in [0.25, 0.3) is 5.91 Å². The second-order valence-corrected chi connectivity index (χ2v) is 5.89. The summed E-state index contributed by atoms with van der Waals surface area (Å²) in [6, 6.07) is 10.8. The molecule has 6 nitrogen and oxygen atoms in total. The number of hydrogen-bond acceptors (Lipinski definition) is 5. The molecule has 1 N–H and O–H groups in total. The molecule has 136 valence electrons. The number of halogens is 2. The van der Waals surface area contributed by atoms with Crippen LogP contribution in [-0.4, -0.2) is 31.2 Å². The predicted octanol–water partition coefficient (Wildman–Crippen LogP) is 2.48. The molecule has 0 saturated heterocycles. The molecule has 0 fully saturated rings. The normalized spacial score (nSPS) is 15.2. The lowest BCUT2D eigenvalue weighted by Gasteiger charge is -2.24. The molecule has 0 radical (unpaired) electrons. The van der Waals surface area contributed by atoms with Gasteiger partial charge in [-0.25, -0.2) is 9.18 Å². The lowest BCUT2D eigenvalue weighted by atomic mass is 10.2. The summed E-state index contributed by atoms with van der Waals surface area (Å²) in [5, 5.41) is 2.74. The topological polar surface area (TPSA) is 73.9 Å². The molecule has 3 rings (SSSR count). The fourth-order valence-electron chi connectivity index (χ4n) is 2.28. The van der Waals surface area contributed by atoms with Gasteiger partial charge in [-0.15, -0.1) is 0 Å². The van der Waals surface area contributed by atoms with E-state index in [1.54, 1.807) is 24.3 Å². The Morgan fingerprint density at radius 2 is 2.00 bits per heavy atom. The van der Waals surface area contributed by atoms with Gasteiger partial charge >= 0.3 is 5.97 Å². The van der Waals surface area contributed by atoms with E-state index >= 15 is 0 Å². The van der Waals surface area contributed by atoms with Crippen LogP contribution in [0.1, 0.15) is 5.56 Å². The largest absolute Gasteiger partial charge is 0.485 e. The average Bonchev–Trinajstić information content (AvgIpc) is 2.65. The van der Waals surface area contributed by atoms with E-state index in [0.717, 1.165) is 6.07 Å². The molecule has 0 bridgehead atoms. The Hall–Kier alpha value is -2.80. The first-order valence-corrected chi connectivity index (χ1v) is 8.16. The van der Waals surface area contributed by atoms with E-state index in [1.807, 2.05) is 0 Å². The number of nitrogens with one attached hydrogen (secondary N) is 1. The number of carbonyl (C=O) groups is 2. The van der Waals surface area contributed by atoms with E-state index in [4.69, 9.17) is 25.8 Å². The van der Waals surface area contributed by atoms with Gasteiger partial charge in [0.15, 0.2) is 18.1 Å². The van der Waals surface area contributed by atoms with E-state index in [9.17, 15) is 14.0 Å². The number of amides is 1. The van der Waals surface area contributed by atoms with Gasteiger partial charge in [-0.2, -0.15) is 0 Å². The van der Waals surface area contributed by atoms with E-state index < -0.39 is 30.4 Å². The van der Waals surface area contributed by atoms with Crippen molar-refractivity contribution >= 4 is 23.5 Å². The molecule has 1 aliphatic heterocycles. The zero-order valence-corrected chi connectivity index (χ0v) is 14.3. The number of esters is 1. The van der Waals surface area contributed by atoms with Gasteiger partial charge in [-0.3, -0.25) is 4.79 Å². The molecular formula is C18H15ClFNO5. The Labute approximate surface area is 153 Å². The Balaban J connectivity index is 1.45. The second-order valence-electron chi connectivity index (χ2n) is 5.48. The highest BCUT2D eigenvalue weighted by atomic mass is 35.5. The summed E-state index contributed by atoms with van der Waals surface area (Å²) in [5.74, 6) is -0.692. The van der Waals surface area contributed by atoms with Crippen LogP contribution in [0, 0.1) is 5.82 Å². The van der Waals surface area contributed by atoms with Gasteiger partial charge in [-0.05, 0) is 29.8 Å². The smallest absolute Gasteiger partial charge is 0.351 e. The summed E-state index contributed by atoms with van der Waals surface area (Å²) in [5.41, 5.74) is 0.549. The fraction of sp³-hybridized carbons (Fsp3) is 0.222. The summed E-state index contributed by atoms with van der Waals surface area (Å²) in [6.07, 6.45) is -0.941. The average molecular weight is 380 g/mol. The van der Waals surface area contributed by atoms with E-state index in [2.05, 4.69) is 5.32 Å². The Morgan fingerprint density at radius 3 is 2.77 bits per heavy atom. The monoisotopic (exact) mass is 379 g/mol. The molecule has 1 aliphatic rings. The van der Waals surface area contributed by atoms with Crippen molar-refractivity contribution in [3.05, 3.63) is 58.9 Å². The van der Waals surface area contributed by atoms with Crippen molar-refractivity contribution in [3.8, 4) is 11.5 Å². The maximum Gasteiger partial charge on any atom is 0.351 e. The molecule has 0 saturated carbocycles. The first-order valence-electron chi connectivity index (χ1n) is 7.78. The summed E-state index contributed by atoms with van der Waals surface area (Å²) in [6.45, 7) is -0.381. The summed E-state index contributed by atoms with van der Waals surface area (Å²) < 4.78 is 28.8. The van der Waals surface area contributed by atoms with Crippen LogP contribution >= 0.6 is 11.6 Å². The van der Waals surface area contributed by atoms with Gasteiger partial charge in [0.1, 0.15) is 12.4 Å². The Kier molecular flexibility index (Phi) is 5.58. The van der Waals surface area contributed by atoms with Crippen molar-refractivity contribution in [2.75, 3.05) is 13.2 Å². The molecule has 1 atom stereocenters. The van der Waals surface area contributed by atoms with Gasteiger partial charge in [0.05, 0.1) is 0 Å². The predicted molar refractivity (Wildman–Crippen MR) is 90.6 cm³/mol. The lowest BCUT2D eigenvalue weighted by molar-refractivity contribution is -0.157. The van der Waals surface area contributed by atoms with Crippen LogP contribution in [0.4, 0.5) is 4.39 Å². The summed E-state index contributed by atoms with van der Waals surface area (Å²) in [7, 11) is 0. The van der Waals surface area contributed by atoms with Crippen LogP contribution in [-0.2, 0) is 20.9 Å². The zero-order chi connectivity index (χ0) is 18.5. The first kappa shape index (κ1) is 18.0. The van der Waals surface area contributed by atoms with Crippen molar-refractivity contribution in [2.24, 2.45) is 0 Å². The Morgan fingerprint density at radius 1 is 1.23 bits per heavy atom. The quantitative estimate of drug-likeness (QED) is 0.808. The Bertz CT molecular complexity index is 829. The third-order valence-electron chi connectivity index (χ3n) is 3.61. The van der Waals surface area contributed by atoms with Gasteiger partial charge in [-0.1, -0.05) is 29.8 Å². The van der Waals surface area contributed by atoms with Crippen LogP contribution in [0.15, 0.2) is 42.5 Å². The number of ether oxygens (including phenoxy) is 3. The van der Waals surface area contributed by atoms with E-state index in [0.29, 0.717) is 17.1 Å². The van der Waals surface area contributed by atoms with Crippen LogP contribution in [0.2, 0.25) is 5.02 Å². The summed E-state index contributed by atoms with van der Waals surface area (Å²) >= 11 is 5.88. The van der Waals surface area contributed by atoms with Crippen molar-refractivity contribution in [3.63, 3.8) is 0 Å². The van der Waals surface area contributed by atoms with Crippen molar-refractivity contribution in [2.45, 2.75) is 12.6 Å². The zero-order valence-electron chi connectivity index (χ0n) is 13.5. The molecule has 2 aromatic carbocycles. The van der Waals surface area contributed by atoms with E-state index in [-0.39, 0.29) is 18.2 Å². The number of fused-ring (bicyclic) bond motifs is 1. The van der Waals surface area contributed by atoms with Gasteiger partial charge in [0.2, 0.25) is 6.10 Å². The molecule has 0 aliphatic carbocycles. The highest BCUT2D eigenvalue weighted by Crippen LogP contribution is 2.31. The molecule has 1 unspecified atom stereocenters. The molecule has 0 spiro atoms. The molecule has 1 heterocycles. The number of benzene rings is 2. The molecular weight excluding hydrogens is 365 g/mol. The van der Waals surface area contributed by atoms with Crippen molar-refractivity contribution in [1.82, 2.24) is 5.32 Å².